The van der Waals surface area contributed by atoms with Crippen molar-refractivity contribution in [2.75, 3.05) is 38.7 Å². The second-order valence-electron chi connectivity index (χ2n) is 4.14. The number of carbonyl (C=O) groups is 2. The lowest BCUT2D eigenvalue weighted by Crippen LogP contribution is -2.49. The van der Waals surface area contributed by atoms with Gasteiger partial charge in [-0.2, -0.15) is 8.61 Å². The van der Waals surface area contributed by atoms with Crippen LogP contribution in [0.3, 0.4) is 0 Å². The van der Waals surface area contributed by atoms with Crippen molar-refractivity contribution in [2.45, 2.75) is 0 Å². The lowest BCUT2D eigenvalue weighted by atomic mass is 10.3. The normalized spacial score (nSPS) is 21.7. The summed E-state index contributed by atoms with van der Waals surface area (Å²) in [6, 6.07) is 0. The lowest BCUT2D eigenvalue weighted by molar-refractivity contribution is -0.124. The molecule has 0 radical (unpaired) electrons. The minimum atomic E-state index is -3.66. The van der Waals surface area contributed by atoms with Crippen molar-refractivity contribution in [3.63, 3.8) is 0 Å². The highest BCUT2D eigenvalue weighted by Gasteiger charge is 2.31. The van der Waals surface area contributed by atoms with Gasteiger partial charge in [-0.05, 0) is 0 Å². The Morgan fingerprint density at radius 1 is 0.722 bits per heavy atom. The van der Waals surface area contributed by atoms with E-state index >= 15 is 0 Å². The van der Waals surface area contributed by atoms with Crippen LogP contribution in [0.25, 0.3) is 0 Å². The summed E-state index contributed by atoms with van der Waals surface area (Å²) in [5.74, 6) is -1.14. The molecule has 104 valence electrons. The minimum absolute atomic E-state index is 0.489. The van der Waals surface area contributed by atoms with Gasteiger partial charge in [0.05, 0.1) is 38.7 Å². The van der Waals surface area contributed by atoms with Crippen LogP contribution in [0.1, 0.15) is 0 Å². The van der Waals surface area contributed by atoms with Crippen molar-refractivity contribution in [3.8, 4) is 0 Å². The summed E-state index contributed by atoms with van der Waals surface area (Å²) in [5, 5.41) is 0. The van der Waals surface area contributed by atoms with Crippen LogP contribution in [0, 0.1) is 0 Å². The van der Waals surface area contributed by atoms with Crippen LogP contribution >= 0.6 is 0 Å². The van der Waals surface area contributed by atoms with Crippen molar-refractivity contribution < 1.29 is 26.4 Å². The number of hydrogen-bond donors (Lipinski definition) is 0. The summed E-state index contributed by atoms with van der Waals surface area (Å²) in [4.78, 5) is 23.1. The zero-order valence-electron chi connectivity index (χ0n) is 9.99. The molecular formula is C8H14N2O6S2. The Hall–Kier alpha value is -0.840. The molecule has 0 aromatic heterocycles. The first-order chi connectivity index (χ1) is 8.00. The summed E-state index contributed by atoms with van der Waals surface area (Å²) in [7, 11) is -7.32. The van der Waals surface area contributed by atoms with E-state index in [1.165, 1.54) is 0 Å². The molecule has 1 aliphatic rings. The van der Waals surface area contributed by atoms with Gasteiger partial charge in [-0.25, -0.2) is 16.8 Å². The average molecular weight is 298 g/mol. The molecule has 0 bridgehead atoms. The van der Waals surface area contributed by atoms with E-state index < -0.39 is 57.8 Å². The predicted octanol–water partition coefficient (Wildman–Crippen LogP) is -2.34. The number of nitrogens with zero attached hydrogens (tertiary/aromatic N) is 2. The molecule has 10 heteroatoms. The highest BCUT2D eigenvalue weighted by atomic mass is 32.2. The fraction of sp³-hybridized carbons (Fsp3) is 0.750. The van der Waals surface area contributed by atoms with Crippen molar-refractivity contribution in [1.29, 1.82) is 0 Å². The van der Waals surface area contributed by atoms with E-state index in [0.717, 1.165) is 21.1 Å². The van der Waals surface area contributed by atoms with Crippen molar-refractivity contribution in [2.24, 2.45) is 0 Å². The van der Waals surface area contributed by atoms with Gasteiger partial charge in [-0.1, -0.05) is 0 Å². The smallest absolute Gasteiger partial charge is 0.212 e. The van der Waals surface area contributed by atoms with Gasteiger partial charge in [0.25, 0.3) is 0 Å². The standard InChI is InChI=1S/C8H14N2O6S2/c1-17(13,14)9-3-7(11)5-10(18(2,15)16)6-8(12)4-9/h3-6H2,1-2H3. The van der Waals surface area contributed by atoms with Crippen LogP contribution in [0.4, 0.5) is 0 Å². The second-order valence-corrected chi connectivity index (χ2v) is 8.10. The van der Waals surface area contributed by atoms with Crippen LogP contribution in [0.2, 0.25) is 0 Å². The van der Waals surface area contributed by atoms with Crippen LogP contribution < -0.4 is 0 Å². The number of sulfonamides is 2. The van der Waals surface area contributed by atoms with Crippen LogP contribution in [-0.2, 0) is 29.6 Å². The molecule has 1 rings (SSSR count). The molecule has 18 heavy (non-hydrogen) atoms. The minimum Gasteiger partial charge on any atom is -0.297 e. The SMILES string of the molecule is CS(=O)(=O)N1CC(=O)CN(S(C)(=O)=O)CC(=O)C1. The molecule has 0 unspecified atom stereocenters. The van der Waals surface area contributed by atoms with Crippen molar-refractivity contribution >= 4 is 31.6 Å². The summed E-state index contributed by atoms with van der Waals surface area (Å²) in [6.07, 6.45) is 1.78. The first-order valence-electron chi connectivity index (χ1n) is 4.94. The Morgan fingerprint density at radius 2 is 0.944 bits per heavy atom. The number of carbonyl (C=O) groups excluding carboxylic acids is 2. The Morgan fingerprint density at radius 3 is 1.11 bits per heavy atom. The second kappa shape index (κ2) is 5.03. The molecule has 0 aromatic carbocycles. The summed E-state index contributed by atoms with van der Waals surface area (Å²) in [5.41, 5.74) is 0. The third-order valence-electron chi connectivity index (χ3n) is 2.35. The topological polar surface area (TPSA) is 109 Å². The Balaban J connectivity index is 2.99. The molecule has 0 aliphatic carbocycles. The Kier molecular flexibility index (Phi) is 4.26. The van der Waals surface area contributed by atoms with Gasteiger partial charge in [0.2, 0.25) is 20.0 Å². The summed E-state index contributed by atoms with van der Waals surface area (Å²) < 4.78 is 46.7. The summed E-state index contributed by atoms with van der Waals surface area (Å²) in [6.45, 7) is -1.96. The first kappa shape index (κ1) is 15.2. The van der Waals surface area contributed by atoms with Gasteiger partial charge < -0.3 is 0 Å². The molecule has 0 N–H and O–H groups in total. The third-order valence-corrected chi connectivity index (χ3v) is 4.74. The molecule has 0 spiro atoms. The van der Waals surface area contributed by atoms with Gasteiger partial charge in [0.1, 0.15) is 0 Å². The van der Waals surface area contributed by atoms with E-state index in [1.807, 2.05) is 0 Å². The fourth-order valence-corrected chi connectivity index (χ4v) is 2.98. The van der Waals surface area contributed by atoms with E-state index in [-0.39, 0.29) is 0 Å². The van der Waals surface area contributed by atoms with Gasteiger partial charge >= 0.3 is 0 Å². The average Bonchev–Trinajstić information content (AvgIpc) is 2.09. The van der Waals surface area contributed by atoms with Crippen LogP contribution in [-0.4, -0.2) is 75.7 Å². The Labute approximate surface area is 106 Å². The van der Waals surface area contributed by atoms with Gasteiger partial charge in [-0.3, -0.25) is 9.59 Å². The number of hydrogen-bond acceptors (Lipinski definition) is 6. The third kappa shape index (κ3) is 4.12. The lowest BCUT2D eigenvalue weighted by Gasteiger charge is -2.26. The number of ketones is 2. The largest absolute Gasteiger partial charge is 0.297 e. The maximum Gasteiger partial charge on any atom is 0.212 e. The Bertz CT molecular complexity index is 496. The van der Waals surface area contributed by atoms with E-state index in [9.17, 15) is 26.4 Å². The van der Waals surface area contributed by atoms with Crippen LogP contribution in [0.15, 0.2) is 0 Å². The highest BCUT2D eigenvalue weighted by Crippen LogP contribution is 2.06. The molecule has 8 nitrogen and oxygen atoms in total. The van der Waals surface area contributed by atoms with Crippen molar-refractivity contribution in [3.05, 3.63) is 0 Å². The quantitative estimate of drug-likeness (QED) is 0.565. The first-order valence-corrected chi connectivity index (χ1v) is 8.63. The zero-order valence-corrected chi connectivity index (χ0v) is 11.6. The highest BCUT2D eigenvalue weighted by molar-refractivity contribution is 7.88. The molecule has 1 aliphatic heterocycles. The zero-order chi connectivity index (χ0) is 14.1. The van der Waals surface area contributed by atoms with Crippen molar-refractivity contribution in [1.82, 2.24) is 8.61 Å². The van der Waals surface area contributed by atoms with Gasteiger partial charge in [0.15, 0.2) is 11.6 Å². The fourth-order valence-electron chi connectivity index (χ4n) is 1.47. The predicted molar refractivity (Wildman–Crippen MR) is 62.8 cm³/mol. The maximum absolute atomic E-state index is 11.5. The molecule has 0 aromatic rings. The van der Waals surface area contributed by atoms with E-state index in [0.29, 0.717) is 0 Å². The molecule has 0 amide bonds. The van der Waals surface area contributed by atoms with E-state index in [2.05, 4.69) is 0 Å². The number of Topliss-reactive ketones (excluding diaryl/α,β-unsaturated/α-hetero) is 2. The van der Waals surface area contributed by atoms with E-state index in [1.54, 1.807) is 0 Å². The molecule has 1 heterocycles. The monoisotopic (exact) mass is 298 g/mol. The van der Waals surface area contributed by atoms with E-state index in [4.69, 9.17) is 0 Å². The van der Waals surface area contributed by atoms with Gasteiger partial charge in [-0.15, -0.1) is 0 Å². The maximum atomic E-state index is 11.5. The summed E-state index contributed by atoms with van der Waals surface area (Å²) >= 11 is 0. The molecular weight excluding hydrogens is 284 g/mol. The van der Waals surface area contributed by atoms with Crippen LogP contribution in [0.5, 0.6) is 0 Å². The molecule has 1 fully saturated rings. The number of rotatable bonds is 2. The molecule has 1 saturated heterocycles. The molecule has 0 atom stereocenters. The van der Waals surface area contributed by atoms with Gasteiger partial charge in [0, 0.05) is 0 Å². The molecule has 0 saturated carbocycles.